The SMILES string of the molecule is CCCNc1ccc(Cl)cc1C(=O)NCc1nn[nH]n1. The minimum absolute atomic E-state index is 0.203. The van der Waals surface area contributed by atoms with Crippen LogP contribution in [0.4, 0.5) is 5.69 Å². The maximum absolute atomic E-state index is 12.2. The monoisotopic (exact) mass is 294 g/mol. The lowest BCUT2D eigenvalue weighted by Crippen LogP contribution is -2.24. The first-order chi connectivity index (χ1) is 9.70. The second-order valence-electron chi connectivity index (χ2n) is 4.13. The number of aromatic nitrogens is 4. The molecule has 2 rings (SSSR count). The highest BCUT2D eigenvalue weighted by molar-refractivity contribution is 6.31. The topological polar surface area (TPSA) is 95.6 Å². The highest BCUT2D eigenvalue weighted by Crippen LogP contribution is 2.20. The van der Waals surface area contributed by atoms with Crippen molar-refractivity contribution in [2.24, 2.45) is 0 Å². The van der Waals surface area contributed by atoms with E-state index >= 15 is 0 Å². The maximum atomic E-state index is 12.2. The third-order valence-electron chi connectivity index (χ3n) is 2.59. The number of halogens is 1. The van der Waals surface area contributed by atoms with Crippen molar-refractivity contribution in [1.82, 2.24) is 25.9 Å². The fourth-order valence-electron chi connectivity index (χ4n) is 1.63. The number of carbonyl (C=O) groups is 1. The number of H-pyrrole nitrogens is 1. The van der Waals surface area contributed by atoms with Gasteiger partial charge < -0.3 is 10.6 Å². The van der Waals surface area contributed by atoms with Crippen LogP contribution in [0.2, 0.25) is 5.02 Å². The van der Waals surface area contributed by atoms with Crippen molar-refractivity contribution in [3.63, 3.8) is 0 Å². The van der Waals surface area contributed by atoms with Gasteiger partial charge in [0.25, 0.3) is 5.91 Å². The molecule has 0 aliphatic heterocycles. The van der Waals surface area contributed by atoms with Crippen molar-refractivity contribution < 1.29 is 4.79 Å². The molecule has 0 spiro atoms. The number of nitrogens with one attached hydrogen (secondary N) is 3. The van der Waals surface area contributed by atoms with Gasteiger partial charge in [0, 0.05) is 17.3 Å². The van der Waals surface area contributed by atoms with Crippen molar-refractivity contribution in [3.8, 4) is 0 Å². The predicted molar refractivity (Wildman–Crippen MR) is 75.6 cm³/mol. The molecular weight excluding hydrogens is 280 g/mol. The lowest BCUT2D eigenvalue weighted by atomic mass is 10.1. The van der Waals surface area contributed by atoms with E-state index < -0.39 is 0 Å². The molecule has 7 nitrogen and oxygen atoms in total. The largest absolute Gasteiger partial charge is 0.384 e. The molecule has 0 radical (unpaired) electrons. The van der Waals surface area contributed by atoms with Crippen LogP contribution in [0.3, 0.4) is 0 Å². The molecule has 0 aliphatic rings. The molecule has 0 fully saturated rings. The molecule has 0 aliphatic carbocycles. The van der Waals surface area contributed by atoms with E-state index in [-0.39, 0.29) is 12.5 Å². The van der Waals surface area contributed by atoms with Gasteiger partial charge in [0.1, 0.15) is 0 Å². The average Bonchev–Trinajstić information content (AvgIpc) is 2.96. The fraction of sp³-hybridized carbons (Fsp3) is 0.333. The van der Waals surface area contributed by atoms with Crippen LogP contribution in [0.5, 0.6) is 0 Å². The molecule has 0 bridgehead atoms. The van der Waals surface area contributed by atoms with Crippen molar-refractivity contribution >= 4 is 23.2 Å². The second kappa shape index (κ2) is 6.85. The molecule has 20 heavy (non-hydrogen) atoms. The minimum atomic E-state index is -0.240. The Balaban J connectivity index is 2.08. The van der Waals surface area contributed by atoms with Crippen LogP contribution < -0.4 is 10.6 Å². The molecule has 0 saturated carbocycles. The second-order valence-corrected chi connectivity index (χ2v) is 4.56. The van der Waals surface area contributed by atoms with Gasteiger partial charge in [-0.25, -0.2) is 0 Å². The molecule has 0 atom stereocenters. The van der Waals surface area contributed by atoms with Crippen molar-refractivity contribution in [3.05, 3.63) is 34.6 Å². The number of hydrogen-bond acceptors (Lipinski definition) is 5. The van der Waals surface area contributed by atoms with Crippen LogP contribution >= 0.6 is 11.6 Å². The zero-order valence-corrected chi connectivity index (χ0v) is 11.7. The summed E-state index contributed by atoms with van der Waals surface area (Å²) in [6.45, 7) is 3.04. The van der Waals surface area contributed by atoms with Gasteiger partial charge in [0.15, 0.2) is 5.82 Å². The molecule has 3 N–H and O–H groups in total. The zero-order chi connectivity index (χ0) is 14.4. The summed E-state index contributed by atoms with van der Waals surface area (Å²) < 4.78 is 0. The Kier molecular flexibility index (Phi) is 4.89. The number of aromatic amines is 1. The Hall–Kier alpha value is -2.15. The molecule has 1 aromatic carbocycles. The van der Waals surface area contributed by atoms with Gasteiger partial charge in [0.05, 0.1) is 12.1 Å². The summed E-state index contributed by atoms with van der Waals surface area (Å²) in [7, 11) is 0. The van der Waals surface area contributed by atoms with E-state index in [9.17, 15) is 4.79 Å². The van der Waals surface area contributed by atoms with Gasteiger partial charge >= 0.3 is 0 Å². The van der Waals surface area contributed by atoms with Crippen molar-refractivity contribution in [2.75, 3.05) is 11.9 Å². The number of benzene rings is 1. The van der Waals surface area contributed by atoms with Gasteiger partial charge in [-0.15, -0.1) is 10.2 Å². The van der Waals surface area contributed by atoms with Gasteiger partial charge in [-0.2, -0.15) is 5.21 Å². The van der Waals surface area contributed by atoms with E-state index in [1.165, 1.54) is 0 Å². The third-order valence-corrected chi connectivity index (χ3v) is 2.82. The molecule has 1 heterocycles. The summed E-state index contributed by atoms with van der Waals surface area (Å²) in [5.74, 6) is 0.180. The summed E-state index contributed by atoms with van der Waals surface area (Å²) in [5, 5.41) is 19.7. The molecule has 106 valence electrons. The summed E-state index contributed by atoms with van der Waals surface area (Å²) in [6.07, 6.45) is 0.965. The third kappa shape index (κ3) is 3.67. The zero-order valence-electron chi connectivity index (χ0n) is 11.0. The Bertz CT molecular complexity index is 571. The van der Waals surface area contributed by atoms with E-state index in [0.29, 0.717) is 16.4 Å². The standard InChI is InChI=1S/C12H15ClN6O/c1-2-5-14-10-4-3-8(13)6-9(10)12(20)15-7-11-16-18-19-17-11/h3-4,6,14H,2,5,7H2,1H3,(H,15,20)(H,16,17,18,19). The van der Waals surface area contributed by atoms with Gasteiger partial charge in [0.2, 0.25) is 0 Å². The Labute approximate surface area is 121 Å². The highest BCUT2D eigenvalue weighted by atomic mass is 35.5. The minimum Gasteiger partial charge on any atom is -0.384 e. The number of amides is 1. The molecule has 1 aromatic heterocycles. The van der Waals surface area contributed by atoms with Crippen LogP contribution in [-0.4, -0.2) is 33.1 Å². The lowest BCUT2D eigenvalue weighted by Gasteiger charge is -2.11. The van der Waals surface area contributed by atoms with E-state index in [1.807, 2.05) is 0 Å². The number of carbonyl (C=O) groups excluding carboxylic acids is 1. The van der Waals surface area contributed by atoms with Crippen molar-refractivity contribution in [1.29, 1.82) is 0 Å². The molecule has 2 aromatic rings. The predicted octanol–water partition coefficient (Wildman–Crippen LogP) is 1.60. The quantitative estimate of drug-likeness (QED) is 0.752. The summed E-state index contributed by atoms with van der Waals surface area (Å²) in [4.78, 5) is 12.2. The first-order valence-corrected chi connectivity index (χ1v) is 6.62. The van der Waals surface area contributed by atoms with Crippen LogP contribution in [0.25, 0.3) is 0 Å². The van der Waals surface area contributed by atoms with Gasteiger partial charge in [-0.05, 0) is 24.6 Å². The van der Waals surface area contributed by atoms with Crippen LogP contribution in [0.1, 0.15) is 29.5 Å². The number of tetrazole rings is 1. The van der Waals surface area contributed by atoms with Crippen molar-refractivity contribution in [2.45, 2.75) is 19.9 Å². The highest BCUT2D eigenvalue weighted by Gasteiger charge is 2.12. The van der Waals surface area contributed by atoms with Crippen LogP contribution in [0.15, 0.2) is 18.2 Å². The molecule has 0 unspecified atom stereocenters. The molecular formula is C12H15ClN6O. The summed E-state index contributed by atoms with van der Waals surface area (Å²) in [6, 6.07) is 5.17. The molecule has 8 heteroatoms. The lowest BCUT2D eigenvalue weighted by molar-refractivity contribution is 0.0950. The number of nitrogens with zero attached hydrogens (tertiary/aromatic N) is 3. The number of hydrogen-bond donors (Lipinski definition) is 3. The van der Waals surface area contributed by atoms with E-state index in [0.717, 1.165) is 18.7 Å². The van der Waals surface area contributed by atoms with E-state index in [1.54, 1.807) is 18.2 Å². The molecule has 1 amide bonds. The number of anilines is 1. The molecule has 0 saturated heterocycles. The Morgan fingerprint density at radius 3 is 3.00 bits per heavy atom. The Morgan fingerprint density at radius 1 is 1.45 bits per heavy atom. The van der Waals surface area contributed by atoms with Crippen LogP contribution in [-0.2, 0) is 6.54 Å². The van der Waals surface area contributed by atoms with E-state index in [4.69, 9.17) is 11.6 Å². The van der Waals surface area contributed by atoms with Gasteiger partial charge in [-0.1, -0.05) is 23.7 Å². The fourth-order valence-corrected chi connectivity index (χ4v) is 1.80. The summed E-state index contributed by atoms with van der Waals surface area (Å²) >= 11 is 5.95. The van der Waals surface area contributed by atoms with E-state index in [2.05, 4.69) is 38.2 Å². The maximum Gasteiger partial charge on any atom is 0.253 e. The first kappa shape index (κ1) is 14.3. The smallest absolute Gasteiger partial charge is 0.253 e. The van der Waals surface area contributed by atoms with Gasteiger partial charge in [-0.3, -0.25) is 4.79 Å². The number of rotatable bonds is 6. The van der Waals surface area contributed by atoms with Crippen LogP contribution in [0, 0.1) is 0 Å². The average molecular weight is 295 g/mol. The summed E-state index contributed by atoms with van der Waals surface area (Å²) in [5.41, 5.74) is 1.25. The Morgan fingerprint density at radius 2 is 2.30 bits per heavy atom. The first-order valence-electron chi connectivity index (χ1n) is 6.24. The normalized spacial score (nSPS) is 10.3.